The maximum Gasteiger partial charge on any atom is 0.458 e. The fourth-order valence-electron chi connectivity index (χ4n) is 2.20. The van der Waals surface area contributed by atoms with Crippen molar-refractivity contribution >= 4 is 5.71 Å². The molecule has 1 aliphatic heterocycles. The van der Waals surface area contributed by atoms with Crippen LogP contribution in [0, 0.1) is 11.3 Å². The second kappa shape index (κ2) is 5.58. The normalized spacial score (nSPS) is 20.2. The van der Waals surface area contributed by atoms with Crippen molar-refractivity contribution in [2.75, 3.05) is 0 Å². The number of hydrogen-bond acceptors (Lipinski definition) is 6. The molecule has 24 heavy (non-hydrogen) atoms. The molecule has 0 spiro atoms. The molecular formula is C15H9F3N4O2. The lowest BCUT2D eigenvalue weighted by Gasteiger charge is -2.22. The number of oxime groups is 1. The molecule has 0 radical (unpaired) electrons. The predicted molar refractivity (Wildman–Crippen MR) is 75.4 cm³/mol. The number of nitrogens with zero attached hydrogens (tertiary/aromatic N) is 4. The molecule has 1 unspecified atom stereocenters. The Morgan fingerprint density at radius 2 is 1.88 bits per heavy atom. The van der Waals surface area contributed by atoms with Gasteiger partial charge in [-0.15, -0.1) is 0 Å². The Balaban J connectivity index is 1.86. The summed E-state index contributed by atoms with van der Waals surface area (Å²) in [5.41, 5.74) is 1.66. The van der Waals surface area contributed by atoms with Crippen LogP contribution in [0.25, 0.3) is 11.1 Å². The van der Waals surface area contributed by atoms with Gasteiger partial charge in [-0.05, 0) is 11.1 Å². The Labute approximate surface area is 133 Å². The first-order valence-corrected chi connectivity index (χ1v) is 6.69. The van der Waals surface area contributed by atoms with Gasteiger partial charge in [-0.2, -0.15) is 18.4 Å². The van der Waals surface area contributed by atoms with Crippen LogP contribution in [0.1, 0.15) is 17.7 Å². The van der Waals surface area contributed by atoms with Gasteiger partial charge in [0.15, 0.2) is 5.69 Å². The summed E-state index contributed by atoms with van der Waals surface area (Å²) in [4.78, 5) is 11.9. The summed E-state index contributed by atoms with van der Waals surface area (Å²) in [6, 6.07) is 8.18. The lowest BCUT2D eigenvalue weighted by molar-refractivity contribution is -0.355. The van der Waals surface area contributed by atoms with Gasteiger partial charge in [0.05, 0.1) is 12.1 Å². The zero-order valence-corrected chi connectivity index (χ0v) is 11.9. The van der Waals surface area contributed by atoms with Gasteiger partial charge in [-0.3, -0.25) is 0 Å². The summed E-state index contributed by atoms with van der Waals surface area (Å²) in [5, 5.41) is 21.8. The number of benzene rings is 1. The van der Waals surface area contributed by atoms with E-state index in [-0.39, 0.29) is 11.4 Å². The van der Waals surface area contributed by atoms with Crippen molar-refractivity contribution in [3.05, 3.63) is 48.0 Å². The van der Waals surface area contributed by atoms with E-state index in [4.69, 9.17) is 5.26 Å². The molecule has 9 heteroatoms. The number of aromatic nitrogens is 2. The highest BCUT2D eigenvalue weighted by Crippen LogP contribution is 2.39. The van der Waals surface area contributed by atoms with Crippen LogP contribution in [-0.2, 0) is 4.84 Å². The van der Waals surface area contributed by atoms with Gasteiger partial charge in [0.1, 0.15) is 12.4 Å². The minimum atomic E-state index is -4.94. The first-order chi connectivity index (χ1) is 11.3. The van der Waals surface area contributed by atoms with Gasteiger partial charge in [0, 0.05) is 11.8 Å². The van der Waals surface area contributed by atoms with Crippen molar-refractivity contribution in [2.45, 2.75) is 18.4 Å². The van der Waals surface area contributed by atoms with Crippen LogP contribution in [0.5, 0.6) is 0 Å². The molecule has 1 atom stereocenters. The molecule has 0 fully saturated rings. The molecule has 0 saturated heterocycles. The minimum absolute atomic E-state index is 0.0220. The third-order valence-electron chi connectivity index (χ3n) is 3.50. The van der Waals surface area contributed by atoms with Crippen molar-refractivity contribution in [3.8, 4) is 17.2 Å². The molecule has 3 rings (SSSR count). The minimum Gasteiger partial charge on any atom is -0.350 e. The monoisotopic (exact) mass is 334 g/mol. The van der Waals surface area contributed by atoms with E-state index >= 15 is 0 Å². The Hall–Kier alpha value is -2.99. The molecule has 0 aliphatic carbocycles. The highest BCUT2D eigenvalue weighted by molar-refractivity contribution is 6.01. The van der Waals surface area contributed by atoms with Crippen LogP contribution in [-0.4, -0.2) is 32.7 Å². The molecule has 1 aliphatic rings. The van der Waals surface area contributed by atoms with E-state index in [0.717, 1.165) is 0 Å². The van der Waals surface area contributed by atoms with Gasteiger partial charge in [-0.25, -0.2) is 9.97 Å². The van der Waals surface area contributed by atoms with Crippen LogP contribution in [0.3, 0.4) is 0 Å². The fraction of sp³-hybridized carbons (Fsp3) is 0.200. The second-order valence-electron chi connectivity index (χ2n) is 5.06. The summed E-state index contributed by atoms with van der Waals surface area (Å²) in [6.45, 7) is 0. The summed E-state index contributed by atoms with van der Waals surface area (Å²) >= 11 is 0. The Morgan fingerprint density at radius 1 is 1.21 bits per heavy atom. The number of halogens is 3. The van der Waals surface area contributed by atoms with Crippen molar-refractivity contribution in [1.29, 1.82) is 5.26 Å². The van der Waals surface area contributed by atoms with E-state index < -0.39 is 18.4 Å². The first kappa shape index (κ1) is 15.9. The molecule has 122 valence electrons. The standard InChI is InChI=1S/C15H9F3N4O2/c16-15(17,18)14(23)5-12(22-24-14)10-3-1-9(2-4-10)11-7-20-8-21-13(11)6-19/h1-4,7-8,23H,5H2. The van der Waals surface area contributed by atoms with Gasteiger partial charge in [0.25, 0.3) is 0 Å². The third kappa shape index (κ3) is 2.68. The molecule has 0 amide bonds. The Bertz CT molecular complexity index is 843. The summed E-state index contributed by atoms with van der Waals surface area (Å²) in [7, 11) is 0. The molecule has 2 aromatic rings. The molecule has 1 aromatic heterocycles. The Kier molecular flexibility index (Phi) is 3.69. The largest absolute Gasteiger partial charge is 0.458 e. The number of rotatable bonds is 2. The van der Waals surface area contributed by atoms with Crippen molar-refractivity contribution in [1.82, 2.24) is 9.97 Å². The smallest absolute Gasteiger partial charge is 0.350 e. The Morgan fingerprint density at radius 3 is 2.46 bits per heavy atom. The lowest BCUT2D eigenvalue weighted by Crippen LogP contribution is -2.45. The van der Waals surface area contributed by atoms with E-state index in [1.165, 1.54) is 24.7 Å². The summed E-state index contributed by atoms with van der Waals surface area (Å²) in [6.07, 6.45) is -3.02. The van der Waals surface area contributed by atoms with Crippen molar-refractivity contribution in [3.63, 3.8) is 0 Å². The van der Waals surface area contributed by atoms with E-state index in [9.17, 15) is 18.3 Å². The number of hydrogen-bond donors (Lipinski definition) is 1. The predicted octanol–water partition coefficient (Wildman–Crippen LogP) is 2.39. The van der Waals surface area contributed by atoms with Crippen LogP contribution in [0.4, 0.5) is 13.2 Å². The molecule has 2 heterocycles. The third-order valence-corrected chi connectivity index (χ3v) is 3.50. The molecule has 6 nitrogen and oxygen atoms in total. The van der Waals surface area contributed by atoms with Gasteiger partial charge >= 0.3 is 12.0 Å². The van der Waals surface area contributed by atoms with Gasteiger partial charge in [-0.1, -0.05) is 29.4 Å². The highest BCUT2D eigenvalue weighted by Gasteiger charge is 2.60. The lowest BCUT2D eigenvalue weighted by atomic mass is 9.99. The van der Waals surface area contributed by atoms with E-state index in [1.807, 2.05) is 6.07 Å². The van der Waals surface area contributed by atoms with Crippen LogP contribution in [0.15, 0.2) is 41.9 Å². The second-order valence-corrected chi connectivity index (χ2v) is 5.06. The van der Waals surface area contributed by atoms with Crippen LogP contribution < -0.4 is 0 Å². The van der Waals surface area contributed by atoms with Gasteiger partial charge in [0.2, 0.25) is 0 Å². The quantitative estimate of drug-likeness (QED) is 0.910. The molecule has 1 N–H and O–H groups in total. The van der Waals surface area contributed by atoms with E-state index in [0.29, 0.717) is 16.7 Å². The van der Waals surface area contributed by atoms with Crippen molar-refractivity contribution < 1.29 is 23.1 Å². The maximum absolute atomic E-state index is 12.7. The zero-order chi connectivity index (χ0) is 17.4. The summed E-state index contributed by atoms with van der Waals surface area (Å²) in [5.74, 6) is -3.30. The zero-order valence-electron chi connectivity index (χ0n) is 11.9. The molecule has 1 aromatic carbocycles. The van der Waals surface area contributed by atoms with Crippen molar-refractivity contribution in [2.24, 2.45) is 5.16 Å². The number of aliphatic hydroxyl groups is 1. The number of nitriles is 1. The van der Waals surface area contributed by atoms with Crippen LogP contribution >= 0.6 is 0 Å². The fourth-order valence-corrected chi connectivity index (χ4v) is 2.20. The SMILES string of the molecule is N#Cc1ncncc1-c1ccc(C2=NOC(O)(C(F)(F)F)C2)cc1. The maximum atomic E-state index is 12.7. The number of alkyl halides is 3. The first-order valence-electron chi connectivity index (χ1n) is 6.69. The molecule has 0 saturated carbocycles. The van der Waals surface area contributed by atoms with Gasteiger partial charge < -0.3 is 9.94 Å². The molecular weight excluding hydrogens is 325 g/mol. The van der Waals surface area contributed by atoms with E-state index in [1.54, 1.807) is 12.1 Å². The average Bonchev–Trinajstić information content (AvgIpc) is 2.98. The summed E-state index contributed by atoms with van der Waals surface area (Å²) < 4.78 is 38.1. The topological polar surface area (TPSA) is 91.4 Å². The van der Waals surface area contributed by atoms with E-state index in [2.05, 4.69) is 20.0 Å². The van der Waals surface area contributed by atoms with Crippen LogP contribution in [0.2, 0.25) is 0 Å². The average molecular weight is 334 g/mol. The molecule has 0 bridgehead atoms. The highest BCUT2D eigenvalue weighted by atomic mass is 19.4.